The fourth-order valence-electron chi connectivity index (χ4n) is 6.62. The normalized spacial score (nSPS) is 30.7. The Morgan fingerprint density at radius 2 is 1.19 bits per heavy atom. The van der Waals surface area contributed by atoms with Crippen LogP contribution in [0.2, 0.25) is 0 Å². The number of amides is 4. The van der Waals surface area contributed by atoms with E-state index in [1.165, 1.54) is 0 Å². The van der Waals surface area contributed by atoms with Crippen LogP contribution < -0.4 is 0 Å². The van der Waals surface area contributed by atoms with Crippen LogP contribution in [0, 0.1) is 11.8 Å². The fraction of sp³-hybridized carbons (Fsp3) is 0.704. The van der Waals surface area contributed by atoms with Crippen molar-refractivity contribution in [3.63, 3.8) is 0 Å². The average Bonchev–Trinajstić information content (AvgIpc) is 3.66. The molecule has 2 atom stereocenters. The molecule has 194 valence electrons. The van der Waals surface area contributed by atoms with Gasteiger partial charge in [-0.3, -0.25) is 29.0 Å². The third kappa shape index (κ3) is 4.29. The predicted molar refractivity (Wildman–Crippen MR) is 139 cm³/mol. The lowest BCUT2D eigenvalue weighted by atomic mass is 9.94. The van der Waals surface area contributed by atoms with Gasteiger partial charge >= 0.3 is 0 Å². The first-order valence-electron chi connectivity index (χ1n) is 13.5. The zero-order valence-electron chi connectivity index (χ0n) is 20.6. The van der Waals surface area contributed by atoms with E-state index >= 15 is 0 Å². The minimum Gasteiger partial charge on any atom is -0.393 e. The maximum Gasteiger partial charge on any atom is 0.254 e. The largest absolute Gasteiger partial charge is 0.393 e. The van der Waals surface area contributed by atoms with Crippen molar-refractivity contribution in [1.29, 1.82) is 0 Å². The lowest BCUT2D eigenvalue weighted by molar-refractivity contribution is -0.150. The molecule has 0 radical (unpaired) electrons. The minimum atomic E-state index is -0.451. The van der Waals surface area contributed by atoms with Gasteiger partial charge in [-0.25, -0.2) is 0 Å². The number of nitrogens with zero attached hydrogens (tertiary/aromatic N) is 2. The van der Waals surface area contributed by atoms with Gasteiger partial charge in [0.25, 0.3) is 11.8 Å². The number of rotatable bonds is 10. The first-order chi connectivity index (χ1) is 17.3. The summed E-state index contributed by atoms with van der Waals surface area (Å²) in [6.45, 7) is 0. The summed E-state index contributed by atoms with van der Waals surface area (Å²) in [5.41, 5.74) is -0.692. The van der Waals surface area contributed by atoms with Crippen molar-refractivity contribution in [1.82, 2.24) is 9.80 Å². The number of hydrogen-bond acceptors (Lipinski definition) is 7. The first kappa shape index (κ1) is 24.7. The summed E-state index contributed by atoms with van der Waals surface area (Å²) in [6, 6.07) is 0. The van der Waals surface area contributed by atoms with Crippen molar-refractivity contribution >= 4 is 47.2 Å². The average molecular weight is 531 g/mol. The number of fused-ring (bicyclic) bond motifs is 2. The van der Waals surface area contributed by atoms with E-state index in [1.807, 2.05) is 0 Å². The highest BCUT2D eigenvalue weighted by molar-refractivity contribution is 8.03. The molecule has 6 rings (SSSR count). The molecule has 2 unspecified atom stereocenters. The first-order valence-corrected chi connectivity index (χ1v) is 15.4. The molecule has 6 aliphatic rings. The van der Waals surface area contributed by atoms with Gasteiger partial charge in [-0.05, 0) is 88.6 Å². The predicted octanol–water partition coefficient (Wildman–Crippen LogP) is 3.76. The van der Waals surface area contributed by atoms with Gasteiger partial charge in [-0.15, -0.1) is 23.5 Å². The van der Waals surface area contributed by atoms with Crippen molar-refractivity contribution in [2.45, 2.75) is 94.2 Å². The van der Waals surface area contributed by atoms with E-state index in [1.54, 1.807) is 45.5 Å². The van der Waals surface area contributed by atoms with Crippen LogP contribution in [0.5, 0.6) is 0 Å². The summed E-state index contributed by atoms with van der Waals surface area (Å²) in [7, 11) is 0. The lowest BCUT2D eigenvalue weighted by Crippen LogP contribution is -2.50. The van der Waals surface area contributed by atoms with Crippen LogP contribution in [-0.2, 0) is 19.2 Å². The zero-order valence-corrected chi connectivity index (χ0v) is 22.2. The number of aliphatic hydroxyl groups is 1. The minimum absolute atomic E-state index is 0.0183. The van der Waals surface area contributed by atoms with E-state index in [4.69, 9.17) is 0 Å². The summed E-state index contributed by atoms with van der Waals surface area (Å²) >= 11 is 3.26. The SMILES string of the molecule is O=C1C=C2SCCC2C(=O)N1C1(CCCC(O)CCCC2(N3C(=O)C=C4SCCC4C3=O)CC2)CC1. The van der Waals surface area contributed by atoms with Crippen molar-refractivity contribution in [3.05, 3.63) is 22.0 Å². The summed E-state index contributed by atoms with van der Waals surface area (Å²) in [6.07, 6.45) is 12.3. The van der Waals surface area contributed by atoms with Crippen LogP contribution in [0.1, 0.15) is 77.0 Å². The van der Waals surface area contributed by atoms with Crippen molar-refractivity contribution < 1.29 is 24.3 Å². The summed E-state index contributed by atoms with van der Waals surface area (Å²) in [5.74, 6) is 1.20. The second-order valence-corrected chi connectivity index (χ2v) is 13.7. The molecule has 7 nitrogen and oxygen atoms in total. The van der Waals surface area contributed by atoms with Gasteiger partial charge in [0.1, 0.15) is 0 Å². The smallest absolute Gasteiger partial charge is 0.254 e. The van der Waals surface area contributed by atoms with Crippen LogP contribution in [0.25, 0.3) is 0 Å². The number of carbonyl (C=O) groups is 4. The number of hydrogen-bond donors (Lipinski definition) is 1. The Morgan fingerprint density at radius 1 is 0.778 bits per heavy atom. The van der Waals surface area contributed by atoms with Crippen molar-refractivity contribution in [2.24, 2.45) is 11.8 Å². The second-order valence-electron chi connectivity index (χ2n) is 11.4. The monoisotopic (exact) mass is 530 g/mol. The molecule has 0 spiro atoms. The number of imide groups is 2. The number of thioether (sulfide) groups is 2. The van der Waals surface area contributed by atoms with E-state index in [2.05, 4.69) is 0 Å². The Morgan fingerprint density at radius 3 is 1.58 bits per heavy atom. The van der Waals surface area contributed by atoms with E-state index < -0.39 is 6.10 Å². The van der Waals surface area contributed by atoms with Gasteiger partial charge in [0.15, 0.2) is 0 Å². The molecule has 9 heteroatoms. The van der Waals surface area contributed by atoms with Crippen LogP contribution in [-0.4, -0.2) is 67.2 Å². The van der Waals surface area contributed by atoms with Gasteiger partial charge in [-0.1, -0.05) is 0 Å². The molecule has 4 amide bonds. The van der Waals surface area contributed by atoms with Crippen molar-refractivity contribution in [2.75, 3.05) is 11.5 Å². The molecule has 4 aliphatic heterocycles. The maximum absolute atomic E-state index is 13.0. The topological polar surface area (TPSA) is 95.0 Å². The molecule has 1 N–H and O–H groups in total. The molecule has 4 heterocycles. The standard InChI is InChI=1S/C27H34N2O5S2/c30-17(3-1-7-26(9-10-26)28-22(31)15-20-18(24(28)33)5-13-35-20)4-2-8-27(11-12-27)29-23(32)16-21-19(25(29)34)6-14-36-21/h15-19,30H,1-14H2. The fourth-order valence-corrected chi connectivity index (χ4v) is 9.01. The molecule has 2 saturated carbocycles. The van der Waals surface area contributed by atoms with Crippen LogP contribution >= 0.6 is 23.5 Å². The Balaban J connectivity index is 0.973. The molecule has 2 aliphatic carbocycles. The van der Waals surface area contributed by atoms with Crippen LogP contribution in [0.3, 0.4) is 0 Å². The lowest BCUT2D eigenvalue weighted by Gasteiger charge is -2.35. The van der Waals surface area contributed by atoms with Gasteiger partial charge < -0.3 is 5.11 Å². The van der Waals surface area contributed by atoms with Crippen LogP contribution in [0.15, 0.2) is 22.0 Å². The van der Waals surface area contributed by atoms with Gasteiger partial charge in [0, 0.05) is 22.0 Å². The molecule has 2 saturated heterocycles. The molecule has 4 fully saturated rings. The highest BCUT2D eigenvalue weighted by Gasteiger charge is 2.56. The Bertz CT molecular complexity index is 978. The van der Waals surface area contributed by atoms with E-state index in [9.17, 15) is 24.3 Å². The molecule has 0 aromatic rings. The third-order valence-electron chi connectivity index (χ3n) is 9.01. The van der Waals surface area contributed by atoms with Crippen molar-refractivity contribution in [3.8, 4) is 0 Å². The van der Waals surface area contributed by atoms with E-state index in [0.717, 1.165) is 85.5 Å². The highest BCUT2D eigenvalue weighted by Crippen LogP contribution is 2.52. The Labute approximate surface area is 220 Å². The molecule has 0 aromatic carbocycles. The number of aliphatic hydroxyl groups excluding tert-OH is 1. The van der Waals surface area contributed by atoms with Crippen LogP contribution in [0.4, 0.5) is 0 Å². The molecular weight excluding hydrogens is 496 g/mol. The summed E-state index contributed by atoms with van der Waals surface area (Å²) in [4.78, 5) is 56.5. The molecule has 0 bridgehead atoms. The van der Waals surface area contributed by atoms with E-state index in [0.29, 0.717) is 12.8 Å². The van der Waals surface area contributed by atoms with E-state index in [-0.39, 0.29) is 46.5 Å². The molecular formula is C27H34N2O5S2. The maximum atomic E-state index is 13.0. The Kier molecular flexibility index (Phi) is 6.40. The highest BCUT2D eigenvalue weighted by atomic mass is 32.2. The quantitative estimate of drug-likeness (QED) is 0.430. The second kappa shape index (κ2) is 9.31. The summed E-state index contributed by atoms with van der Waals surface area (Å²) in [5, 5.41) is 10.6. The molecule has 0 aromatic heterocycles. The van der Waals surface area contributed by atoms with Gasteiger partial charge in [0.2, 0.25) is 11.8 Å². The zero-order chi connectivity index (χ0) is 25.1. The Hall–Kier alpha value is -1.58. The molecule has 36 heavy (non-hydrogen) atoms. The van der Waals surface area contributed by atoms with Gasteiger partial charge in [-0.2, -0.15) is 0 Å². The number of carbonyl (C=O) groups excluding carboxylic acids is 4. The van der Waals surface area contributed by atoms with Gasteiger partial charge in [0.05, 0.1) is 29.0 Å². The summed E-state index contributed by atoms with van der Waals surface area (Å²) < 4.78 is 0. The third-order valence-corrected chi connectivity index (χ3v) is 11.4.